The summed E-state index contributed by atoms with van der Waals surface area (Å²) >= 11 is 0. The molecule has 1 saturated carbocycles. The molecule has 2 N–H and O–H groups in total. The second kappa shape index (κ2) is 32.5. The molecule has 9 aromatic rings. The van der Waals surface area contributed by atoms with Gasteiger partial charge in [0.05, 0.1) is 95.4 Å². The number of likely N-dealkylation sites (tertiary alicyclic amines) is 1. The lowest BCUT2D eigenvalue weighted by atomic mass is 9.83. The van der Waals surface area contributed by atoms with Gasteiger partial charge in [-0.3, -0.25) is 33.8 Å². The number of nitrogens with zero attached hydrogens (tertiary/aromatic N) is 14. The second-order valence-corrected chi connectivity index (χ2v) is 29.1. The van der Waals surface area contributed by atoms with Gasteiger partial charge in [-0.1, -0.05) is 36.8 Å². The van der Waals surface area contributed by atoms with Crippen molar-refractivity contribution in [3.63, 3.8) is 0 Å². The zero-order valence-electron chi connectivity index (χ0n) is 62.1. The monoisotopic (exact) mass is 1470 g/mol. The van der Waals surface area contributed by atoms with Crippen LogP contribution in [0.5, 0.6) is 0 Å². The van der Waals surface area contributed by atoms with Crippen molar-refractivity contribution in [2.75, 3.05) is 62.2 Å². The van der Waals surface area contributed by atoms with Crippen LogP contribution in [0.2, 0.25) is 0 Å². The van der Waals surface area contributed by atoms with Crippen LogP contribution < -0.4 is 25.3 Å². The predicted octanol–water partition coefficient (Wildman–Crippen LogP) is 12.4. The Labute approximate surface area is 619 Å². The van der Waals surface area contributed by atoms with Crippen LogP contribution in [-0.2, 0) is 92.8 Å². The Kier molecular flexibility index (Phi) is 22.7. The Bertz CT molecular complexity index is 4740. The highest BCUT2D eigenvalue weighted by atomic mass is 19.4. The number of anilines is 3. The van der Waals surface area contributed by atoms with Gasteiger partial charge < -0.3 is 43.4 Å². The normalized spacial score (nSPS) is 20.1. The van der Waals surface area contributed by atoms with E-state index in [0.29, 0.717) is 62.5 Å². The average Bonchev–Trinajstić information content (AvgIpc) is 1.61. The van der Waals surface area contributed by atoms with Crippen LogP contribution in [-0.4, -0.2) is 161 Å². The first-order valence-electron chi connectivity index (χ1n) is 37.4. The summed E-state index contributed by atoms with van der Waals surface area (Å²) in [6, 6.07) is 26.0. The van der Waals surface area contributed by atoms with E-state index >= 15 is 0 Å². The molecule has 5 aromatic heterocycles. The number of ketones is 1. The molecule has 107 heavy (non-hydrogen) atoms. The molecule has 3 fully saturated rings. The van der Waals surface area contributed by atoms with Crippen molar-refractivity contribution in [2.24, 2.45) is 5.92 Å². The fourth-order valence-corrected chi connectivity index (χ4v) is 16.8. The Morgan fingerprint density at radius 1 is 0.617 bits per heavy atom. The quantitative estimate of drug-likeness (QED) is 0.0958. The largest absolute Gasteiger partial charge is 0.452 e. The number of alkyl halides is 3. The highest BCUT2D eigenvalue weighted by Gasteiger charge is 2.39. The maximum atomic E-state index is 13.4. The molecule has 0 spiro atoms. The number of imidazole rings is 3. The van der Waals surface area contributed by atoms with Crippen molar-refractivity contribution in [1.29, 1.82) is 0 Å². The molecule has 1 aliphatic carbocycles. The number of aryl methyl sites for hydroxylation is 7. The number of hydrogen-bond donors (Lipinski definition) is 2. The van der Waals surface area contributed by atoms with Crippen LogP contribution in [0.3, 0.4) is 0 Å². The number of carbonyl (C=O) groups is 6. The van der Waals surface area contributed by atoms with Gasteiger partial charge in [0.2, 0.25) is 11.8 Å². The van der Waals surface area contributed by atoms with Crippen molar-refractivity contribution >= 4 is 86.0 Å². The number of carbonyl (C=O) groups excluding carboxylic acids is 6. The van der Waals surface area contributed by atoms with Crippen LogP contribution in [0.15, 0.2) is 97.5 Å². The number of hydrogen-bond acceptors (Lipinski definition) is 16. The van der Waals surface area contributed by atoms with Crippen molar-refractivity contribution < 1.29 is 56.1 Å². The number of halogens is 3. The van der Waals surface area contributed by atoms with Gasteiger partial charge in [0.15, 0.2) is 0 Å². The SMILES string of the molecule is COC(=O)N1c2ccc3c(nc(CCc4ccccc4)n3C3CCNCC3)c2CC[C@@H]1C.COC(=O)N1c2ccc3c(nc(CCn4cccn4)n3CC(=O)N3CC[C@H](NC(C)=O)C3)c2CC[C@@H]1C.COC(=O)N1c2ccc3c(nc(Cc4cc(C(F)(F)F)cnn4)n3[C@@H]3CCC[C@@H](C(C)=O)C3)c2CC[C@@H]1C. The third kappa shape index (κ3) is 15.9. The Balaban J connectivity index is 0.000000142. The van der Waals surface area contributed by atoms with E-state index < -0.39 is 17.8 Å². The van der Waals surface area contributed by atoms with E-state index in [4.69, 9.17) is 29.2 Å². The second-order valence-electron chi connectivity index (χ2n) is 29.1. The lowest BCUT2D eigenvalue weighted by molar-refractivity contribution is -0.138. The van der Waals surface area contributed by atoms with Crippen LogP contribution in [0.4, 0.5) is 44.6 Å². The molecule has 566 valence electrons. The predicted molar refractivity (Wildman–Crippen MR) is 398 cm³/mol. The van der Waals surface area contributed by atoms with E-state index in [1.807, 2.05) is 64.5 Å². The zero-order chi connectivity index (χ0) is 75.4. The third-order valence-electron chi connectivity index (χ3n) is 22.2. The first-order chi connectivity index (χ1) is 51.6. The van der Waals surface area contributed by atoms with Crippen LogP contribution in [0, 0.1) is 5.92 Å². The Hall–Kier alpha value is -10.3. The number of benzene rings is 4. The summed E-state index contributed by atoms with van der Waals surface area (Å²) < 4.78 is 63.6. The van der Waals surface area contributed by atoms with Crippen LogP contribution >= 0.6 is 0 Å². The molecule has 6 atom stereocenters. The number of ether oxygens (including phenoxy) is 3. The summed E-state index contributed by atoms with van der Waals surface area (Å²) in [5.74, 6) is 2.51. The maximum absolute atomic E-state index is 13.4. The molecule has 2 saturated heterocycles. The highest BCUT2D eigenvalue weighted by Crippen LogP contribution is 2.44. The summed E-state index contributed by atoms with van der Waals surface area (Å²) in [5, 5.41) is 18.3. The molecule has 4 aromatic carbocycles. The molecule has 6 aliphatic rings. The number of methoxy groups -OCH3 is 3. The Morgan fingerprint density at radius 3 is 1.73 bits per heavy atom. The standard InChI is InChI=1S/C27H30F3N5O3.C26H33N7O4.C26H32N4O2/c1-15-7-8-21-22(34(15)26(37)38-3)9-10-23-25(21)32-24(13-19-12-18(14-31-33-19)27(28,29)30)35(23)20-6-4-5-17(11-20)16(2)36;1-17-5-6-20-21(33(17)26(36)37-3)7-8-22-25(20)29-23(10-14-31-12-4-11-27-31)32(22)16-24(35)30-13-9-19(15-30)28-18(2)34;1-18-8-10-21-22(29(18)26(31)32-2)11-12-23-25(21)28-24(13-9-19-6-4-3-5-7-19)30(23)20-14-16-27-17-15-20/h9-10,12,14-15,17,20H,4-8,11,13H2,1-3H3;4,7-8,11-12,17,19H,5-6,9-10,13-16H2,1-3H3,(H,28,34);3-7,11-12,18,20,27H,8-10,13-17H2,1-2H3/t15-,17+,20+;17-,19-;18-/m000/s1. The molecular weight excluding hydrogens is 1370 g/mol. The first-order valence-corrected chi connectivity index (χ1v) is 37.4. The fourth-order valence-electron chi connectivity index (χ4n) is 16.8. The van der Waals surface area contributed by atoms with E-state index in [0.717, 1.165) is 165 Å². The van der Waals surface area contributed by atoms with Crippen molar-refractivity contribution in [3.8, 4) is 0 Å². The minimum absolute atomic E-state index is 0.00461. The molecule has 0 bridgehead atoms. The number of piperidine rings is 1. The summed E-state index contributed by atoms with van der Waals surface area (Å²) in [5.41, 5.74) is 11.7. The number of fused-ring (bicyclic) bond motifs is 9. The maximum Gasteiger partial charge on any atom is 0.418 e. The summed E-state index contributed by atoms with van der Waals surface area (Å²) in [4.78, 5) is 96.8. The van der Waals surface area contributed by atoms with E-state index in [9.17, 15) is 41.9 Å². The van der Waals surface area contributed by atoms with E-state index in [-0.39, 0.29) is 84.6 Å². The lowest BCUT2D eigenvalue weighted by Gasteiger charge is -2.34. The van der Waals surface area contributed by atoms with Crippen molar-refractivity contribution in [2.45, 2.75) is 199 Å². The van der Waals surface area contributed by atoms with E-state index in [1.54, 1.807) is 27.8 Å². The van der Waals surface area contributed by atoms with Crippen molar-refractivity contribution in [1.82, 2.24) is 64.2 Å². The smallest absolute Gasteiger partial charge is 0.418 e. The molecule has 15 rings (SSSR count). The molecule has 25 nitrogen and oxygen atoms in total. The van der Waals surface area contributed by atoms with Gasteiger partial charge in [0.25, 0.3) is 0 Å². The van der Waals surface area contributed by atoms with Gasteiger partial charge in [-0.2, -0.15) is 28.5 Å². The molecule has 0 unspecified atom stereocenters. The van der Waals surface area contributed by atoms with Crippen LogP contribution in [0.1, 0.15) is 162 Å². The van der Waals surface area contributed by atoms with Gasteiger partial charge in [-0.05, 0) is 178 Å². The minimum atomic E-state index is -4.53. The Morgan fingerprint density at radius 2 is 1.18 bits per heavy atom. The number of aromatic nitrogens is 10. The highest BCUT2D eigenvalue weighted by molar-refractivity contribution is 5.98. The number of amides is 5. The average molecular weight is 1470 g/mol. The fraction of sp³-hybridized carbons (Fsp3) is 0.494. The van der Waals surface area contributed by atoms with Crippen molar-refractivity contribution in [3.05, 3.63) is 148 Å². The molecule has 5 aliphatic heterocycles. The number of rotatable bonds is 14. The summed E-state index contributed by atoms with van der Waals surface area (Å²) in [7, 11) is 4.19. The first kappa shape index (κ1) is 75.0. The van der Waals surface area contributed by atoms with Gasteiger partial charge in [-0.25, -0.2) is 29.3 Å². The zero-order valence-corrected chi connectivity index (χ0v) is 62.1. The summed E-state index contributed by atoms with van der Waals surface area (Å²) in [6.07, 6.45) is 12.3. The number of nitrogens with one attached hydrogen (secondary N) is 2. The van der Waals surface area contributed by atoms with Gasteiger partial charge >= 0.3 is 24.5 Å². The minimum Gasteiger partial charge on any atom is -0.452 e. The molecule has 28 heteroatoms. The van der Waals surface area contributed by atoms with E-state index in [2.05, 4.69) is 84.5 Å². The van der Waals surface area contributed by atoms with Crippen LogP contribution in [0.25, 0.3) is 33.1 Å². The van der Waals surface area contributed by atoms with Gasteiger partial charge in [-0.15, -0.1) is 0 Å². The lowest BCUT2D eigenvalue weighted by Crippen LogP contribution is -2.42. The van der Waals surface area contributed by atoms with Gasteiger partial charge in [0.1, 0.15) is 29.8 Å². The molecule has 10 heterocycles. The molecule has 0 radical (unpaired) electrons. The third-order valence-corrected chi connectivity index (χ3v) is 22.2. The van der Waals surface area contributed by atoms with E-state index in [1.165, 1.54) is 44.9 Å². The molecule has 5 amide bonds. The summed E-state index contributed by atoms with van der Waals surface area (Å²) in [6.45, 7) is 13.2. The van der Waals surface area contributed by atoms with Gasteiger partial charge in [0, 0.05) is 111 Å². The topological polar surface area (TPSA) is 264 Å². The molecular formula is C79H95F3N16O9. The number of Topliss-reactive ketones (excluding diaryl/α,β-unsaturated/α-hetero) is 1.